The van der Waals surface area contributed by atoms with Crippen LogP contribution in [0.3, 0.4) is 0 Å². The molecular formula is C18H20ClN3O. The number of aliphatic hydroxyl groups excluding tert-OH is 1. The van der Waals surface area contributed by atoms with Crippen LogP contribution in [0, 0.1) is 0 Å². The monoisotopic (exact) mass is 329 g/mol. The molecule has 23 heavy (non-hydrogen) atoms. The molecule has 0 saturated heterocycles. The Bertz CT molecular complexity index is 796. The highest BCUT2D eigenvalue weighted by Crippen LogP contribution is 2.19. The average molecular weight is 330 g/mol. The third-order valence-electron chi connectivity index (χ3n) is 4.01. The van der Waals surface area contributed by atoms with Crippen LogP contribution in [-0.2, 0) is 26.6 Å². The standard InChI is InChI=1S/C18H20ClN3O/c1-22-17-7-6-15(19)10-16(17)21-18(22)11-20-9-8-13-2-4-14(12-23)5-3-13/h2-7,10,20,23H,8-9,11-12H2,1H3. The number of hydrogen-bond donors (Lipinski definition) is 2. The molecule has 0 amide bonds. The van der Waals surface area contributed by atoms with E-state index in [9.17, 15) is 0 Å². The maximum Gasteiger partial charge on any atom is 0.123 e. The number of aromatic nitrogens is 2. The Hall–Kier alpha value is -1.88. The fourth-order valence-electron chi connectivity index (χ4n) is 2.63. The lowest BCUT2D eigenvalue weighted by Crippen LogP contribution is -2.19. The number of aryl methyl sites for hydroxylation is 1. The molecule has 120 valence electrons. The number of nitrogens with one attached hydrogen (secondary N) is 1. The van der Waals surface area contributed by atoms with Crippen molar-refractivity contribution in [1.29, 1.82) is 0 Å². The smallest absolute Gasteiger partial charge is 0.123 e. The first-order chi connectivity index (χ1) is 11.2. The second kappa shape index (κ2) is 7.13. The predicted octanol–water partition coefficient (Wildman–Crippen LogP) is 3.05. The van der Waals surface area contributed by atoms with Crippen LogP contribution in [0.5, 0.6) is 0 Å². The van der Waals surface area contributed by atoms with E-state index in [0.29, 0.717) is 5.02 Å². The lowest BCUT2D eigenvalue weighted by Gasteiger charge is -2.06. The summed E-state index contributed by atoms with van der Waals surface area (Å²) in [5, 5.41) is 13.2. The van der Waals surface area contributed by atoms with Crippen LogP contribution in [0.1, 0.15) is 17.0 Å². The number of benzene rings is 2. The summed E-state index contributed by atoms with van der Waals surface area (Å²) in [6, 6.07) is 13.8. The summed E-state index contributed by atoms with van der Waals surface area (Å²) in [4.78, 5) is 4.63. The van der Waals surface area contributed by atoms with E-state index in [1.807, 2.05) is 37.4 Å². The molecule has 3 rings (SSSR count). The van der Waals surface area contributed by atoms with E-state index in [-0.39, 0.29) is 6.61 Å². The summed E-state index contributed by atoms with van der Waals surface area (Å²) in [7, 11) is 2.02. The Labute approximate surface area is 140 Å². The number of imidazole rings is 1. The van der Waals surface area contributed by atoms with E-state index >= 15 is 0 Å². The fourth-order valence-corrected chi connectivity index (χ4v) is 2.79. The molecule has 0 fully saturated rings. The fraction of sp³-hybridized carbons (Fsp3) is 0.278. The van der Waals surface area contributed by atoms with Crippen LogP contribution in [0.15, 0.2) is 42.5 Å². The van der Waals surface area contributed by atoms with Gasteiger partial charge in [-0.1, -0.05) is 35.9 Å². The zero-order chi connectivity index (χ0) is 16.2. The molecule has 0 saturated carbocycles. The van der Waals surface area contributed by atoms with E-state index in [1.54, 1.807) is 0 Å². The molecule has 5 heteroatoms. The average Bonchev–Trinajstić information content (AvgIpc) is 2.87. The van der Waals surface area contributed by atoms with E-state index in [2.05, 4.69) is 27.0 Å². The van der Waals surface area contributed by atoms with E-state index in [4.69, 9.17) is 16.7 Å². The van der Waals surface area contributed by atoms with E-state index in [0.717, 1.165) is 41.9 Å². The number of hydrogen-bond acceptors (Lipinski definition) is 3. The summed E-state index contributed by atoms with van der Waals surface area (Å²) in [6.07, 6.45) is 0.946. The Balaban J connectivity index is 1.57. The van der Waals surface area contributed by atoms with Crippen molar-refractivity contribution in [3.63, 3.8) is 0 Å². The third-order valence-corrected chi connectivity index (χ3v) is 4.25. The van der Waals surface area contributed by atoms with Gasteiger partial charge in [0, 0.05) is 12.1 Å². The van der Waals surface area contributed by atoms with Gasteiger partial charge < -0.3 is 15.0 Å². The van der Waals surface area contributed by atoms with Gasteiger partial charge in [0.25, 0.3) is 0 Å². The number of aliphatic hydroxyl groups is 1. The number of halogens is 1. The van der Waals surface area contributed by atoms with Gasteiger partial charge in [0.2, 0.25) is 0 Å². The second-order valence-electron chi connectivity index (χ2n) is 5.62. The van der Waals surface area contributed by atoms with Crippen molar-refractivity contribution >= 4 is 22.6 Å². The van der Waals surface area contributed by atoms with Crippen molar-refractivity contribution in [2.24, 2.45) is 7.05 Å². The molecule has 0 radical (unpaired) electrons. The van der Waals surface area contributed by atoms with Gasteiger partial charge in [-0.05, 0) is 42.3 Å². The van der Waals surface area contributed by atoms with Crippen LogP contribution in [0.25, 0.3) is 11.0 Å². The van der Waals surface area contributed by atoms with Gasteiger partial charge in [0.1, 0.15) is 5.82 Å². The minimum Gasteiger partial charge on any atom is -0.392 e. The van der Waals surface area contributed by atoms with Crippen LogP contribution in [0.2, 0.25) is 5.02 Å². The quantitative estimate of drug-likeness (QED) is 0.683. The molecule has 0 unspecified atom stereocenters. The Kier molecular flexibility index (Phi) is 4.96. The lowest BCUT2D eigenvalue weighted by atomic mass is 10.1. The zero-order valence-corrected chi connectivity index (χ0v) is 13.8. The molecular weight excluding hydrogens is 310 g/mol. The topological polar surface area (TPSA) is 50.1 Å². The van der Waals surface area contributed by atoms with Crippen molar-refractivity contribution in [1.82, 2.24) is 14.9 Å². The Morgan fingerprint density at radius 3 is 2.61 bits per heavy atom. The van der Waals surface area contributed by atoms with Crippen LogP contribution >= 0.6 is 11.6 Å². The van der Waals surface area contributed by atoms with Crippen molar-refractivity contribution in [2.45, 2.75) is 19.6 Å². The van der Waals surface area contributed by atoms with Gasteiger partial charge >= 0.3 is 0 Å². The molecule has 0 aliphatic carbocycles. The Morgan fingerprint density at radius 2 is 1.87 bits per heavy atom. The number of nitrogens with zero attached hydrogens (tertiary/aromatic N) is 2. The minimum atomic E-state index is 0.0925. The molecule has 0 bridgehead atoms. The minimum absolute atomic E-state index is 0.0925. The molecule has 0 atom stereocenters. The first-order valence-electron chi connectivity index (χ1n) is 7.67. The summed E-state index contributed by atoms with van der Waals surface area (Å²) in [6.45, 7) is 1.69. The largest absolute Gasteiger partial charge is 0.392 e. The first-order valence-corrected chi connectivity index (χ1v) is 8.05. The molecule has 0 aliphatic rings. The van der Waals surface area contributed by atoms with E-state index < -0.39 is 0 Å². The number of rotatable bonds is 6. The lowest BCUT2D eigenvalue weighted by molar-refractivity contribution is 0.282. The second-order valence-corrected chi connectivity index (χ2v) is 6.06. The molecule has 0 aliphatic heterocycles. The van der Waals surface area contributed by atoms with Gasteiger partial charge in [-0.3, -0.25) is 0 Å². The number of fused-ring (bicyclic) bond motifs is 1. The highest BCUT2D eigenvalue weighted by atomic mass is 35.5. The van der Waals surface area contributed by atoms with Crippen molar-refractivity contribution in [3.8, 4) is 0 Å². The van der Waals surface area contributed by atoms with Crippen LogP contribution < -0.4 is 5.32 Å². The van der Waals surface area contributed by atoms with Crippen molar-refractivity contribution in [2.75, 3.05) is 6.54 Å². The maximum atomic E-state index is 9.04. The Morgan fingerprint density at radius 1 is 1.13 bits per heavy atom. The molecule has 2 aromatic carbocycles. The van der Waals surface area contributed by atoms with Gasteiger partial charge in [-0.15, -0.1) is 0 Å². The van der Waals surface area contributed by atoms with Gasteiger partial charge in [0.15, 0.2) is 0 Å². The normalized spacial score (nSPS) is 11.3. The van der Waals surface area contributed by atoms with Crippen molar-refractivity contribution < 1.29 is 5.11 Å². The zero-order valence-electron chi connectivity index (χ0n) is 13.1. The molecule has 0 spiro atoms. The summed E-state index contributed by atoms with van der Waals surface area (Å²) in [5.41, 5.74) is 4.22. The van der Waals surface area contributed by atoms with Gasteiger partial charge in [-0.2, -0.15) is 0 Å². The van der Waals surface area contributed by atoms with Gasteiger partial charge in [-0.25, -0.2) is 4.98 Å². The SMILES string of the molecule is Cn1c(CNCCc2ccc(CO)cc2)nc2cc(Cl)ccc21. The molecule has 2 N–H and O–H groups in total. The van der Waals surface area contributed by atoms with Gasteiger partial charge in [0.05, 0.1) is 24.2 Å². The summed E-state index contributed by atoms with van der Waals surface area (Å²) in [5.74, 6) is 0.998. The summed E-state index contributed by atoms with van der Waals surface area (Å²) < 4.78 is 2.09. The molecule has 1 aromatic heterocycles. The van der Waals surface area contributed by atoms with Crippen molar-refractivity contribution in [3.05, 3.63) is 64.4 Å². The predicted molar refractivity (Wildman–Crippen MR) is 93.5 cm³/mol. The van der Waals surface area contributed by atoms with Crippen LogP contribution in [0.4, 0.5) is 0 Å². The molecule has 4 nitrogen and oxygen atoms in total. The maximum absolute atomic E-state index is 9.04. The first kappa shape index (κ1) is 16.0. The third kappa shape index (κ3) is 3.72. The highest BCUT2D eigenvalue weighted by molar-refractivity contribution is 6.31. The van der Waals surface area contributed by atoms with E-state index in [1.165, 1.54) is 5.56 Å². The molecule has 1 heterocycles. The van der Waals surface area contributed by atoms with Crippen LogP contribution in [-0.4, -0.2) is 21.2 Å². The molecule has 3 aromatic rings. The summed E-state index contributed by atoms with van der Waals surface area (Å²) >= 11 is 6.02. The highest BCUT2D eigenvalue weighted by Gasteiger charge is 2.07.